The molecule has 0 fully saturated rings. The van der Waals surface area contributed by atoms with Crippen LogP contribution in [0.2, 0.25) is 10.2 Å². The van der Waals surface area contributed by atoms with E-state index in [1.807, 2.05) is 0 Å². The molecular formula is C17H12Cl2FN4O3S+. The predicted molar refractivity (Wildman–Crippen MR) is 102 cm³/mol. The lowest BCUT2D eigenvalue weighted by molar-refractivity contribution is -0.684. The molecule has 0 spiro atoms. The Morgan fingerprint density at radius 1 is 1.29 bits per heavy atom. The van der Waals surface area contributed by atoms with Crippen molar-refractivity contribution in [1.29, 1.82) is 0 Å². The number of fused-ring (bicyclic) bond motifs is 3. The van der Waals surface area contributed by atoms with Gasteiger partial charge in [-0.25, -0.2) is 22.7 Å². The van der Waals surface area contributed by atoms with Crippen LogP contribution < -0.4 is 10.2 Å². The average molecular weight is 442 g/mol. The summed E-state index contributed by atoms with van der Waals surface area (Å²) in [5.74, 6) is -1.42. The molecule has 28 heavy (non-hydrogen) atoms. The summed E-state index contributed by atoms with van der Waals surface area (Å²) in [6.07, 6.45) is 1.42. The SMILES string of the molecule is CC1=NC(C(=O)Nc2ccnc(Cl)c2)=C2CS(=O)(=O)c3cc(F)c(Cl)cc3[NH+]12. The highest BCUT2D eigenvalue weighted by atomic mass is 35.5. The number of hydrogen-bond donors (Lipinski definition) is 2. The summed E-state index contributed by atoms with van der Waals surface area (Å²) in [7, 11) is -3.87. The summed E-state index contributed by atoms with van der Waals surface area (Å²) in [5.41, 5.74) is 0.868. The molecule has 11 heteroatoms. The Morgan fingerprint density at radius 3 is 2.75 bits per heavy atom. The number of amidine groups is 1. The number of quaternary nitrogens is 1. The van der Waals surface area contributed by atoms with Gasteiger partial charge in [0, 0.05) is 30.9 Å². The van der Waals surface area contributed by atoms with Crippen molar-refractivity contribution in [2.24, 2.45) is 4.99 Å². The van der Waals surface area contributed by atoms with Crippen LogP contribution in [0.15, 0.2) is 51.7 Å². The number of halogens is 3. The van der Waals surface area contributed by atoms with Gasteiger partial charge in [0.25, 0.3) is 5.91 Å². The zero-order valence-corrected chi connectivity index (χ0v) is 16.6. The average Bonchev–Trinajstić information content (AvgIpc) is 2.92. The van der Waals surface area contributed by atoms with E-state index >= 15 is 0 Å². The summed E-state index contributed by atoms with van der Waals surface area (Å²) in [6, 6.07) is 5.15. The molecule has 1 atom stereocenters. The van der Waals surface area contributed by atoms with Crippen LogP contribution in [-0.4, -0.2) is 30.9 Å². The number of nitrogens with one attached hydrogen (secondary N) is 2. The number of carbonyl (C=O) groups excluding carboxylic acids is 1. The molecule has 0 saturated carbocycles. The molecular weight excluding hydrogens is 430 g/mol. The van der Waals surface area contributed by atoms with Gasteiger partial charge in [-0.3, -0.25) is 4.79 Å². The van der Waals surface area contributed by atoms with Crippen molar-refractivity contribution in [3.63, 3.8) is 0 Å². The predicted octanol–water partition coefficient (Wildman–Crippen LogP) is 2.11. The molecule has 7 nitrogen and oxygen atoms in total. The number of hydrogen-bond acceptors (Lipinski definition) is 5. The lowest BCUT2D eigenvalue weighted by Gasteiger charge is -2.24. The molecule has 1 unspecified atom stereocenters. The van der Waals surface area contributed by atoms with Gasteiger partial charge in [0.1, 0.15) is 21.6 Å². The molecule has 2 aromatic rings. The van der Waals surface area contributed by atoms with Crippen molar-refractivity contribution in [3.8, 4) is 0 Å². The molecule has 0 bridgehead atoms. The normalized spacial score (nSPS) is 19.7. The molecule has 4 rings (SSSR count). The molecule has 0 aliphatic carbocycles. The summed E-state index contributed by atoms with van der Waals surface area (Å²) < 4.78 is 39.2. The first-order valence-electron chi connectivity index (χ1n) is 7.98. The van der Waals surface area contributed by atoms with E-state index in [1.165, 1.54) is 18.3 Å². The lowest BCUT2D eigenvalue weighted by Crippen LogP contribution is -3.08. The van der Waals surface area contributed by atoms with Crippen LogP contribution >= 0.6 is 23.2 Å². The Hall–Kier alpha value is -2.33. The number of benzene rings is 1. The topological polar surface area (TPSA) is 92.9 Å². The number of nitrogens with zero attached hydrogens (tertiary/aromatic N) is 2. The van der Waals surface area contributed by atoms with Crippen molar-refractivity contribution in [1.82, 2.24) is 4.98 Å². The van der Waals surface area contributed by atoms with E-state index in [2.05, 4.69) is 15.3 Å². The van der Waals surface area contributed by atoms with Gasteiger partial charge in [-0.15, -0.1) is 0 Å². The molecule has 2 aliphatic heterocycles. The third-order valence-corrected chi connectivity index (χ3v) is 6.56. The van der Waals surface area contributed by atoms with Gasteiger partial charge in [0.15, 0.2) is 26.9 Å². The number of sulfone groups is 1. The Morgan fingerprint density at radius 2 is 2.04 bits per heavy atom. The Bertz CT molecular complexity index is 1210. The van der Waals surface area contributed by atoms with Crippen LogP contribution in [0.1, 0.15) is 6.92 Å². The molecule has 3 heterocycles. The lowest BCUT2D eigenvalue weighted by atomic mass is 10.2. The van der Waals surface area contributed by atoms with Crippen molar-refractivity contribution < 1.29 is 22.5 Å². The largest absolute Gasteiger partial charge is 0.320 e. The molecule has 1 amide bonds. The summed E-state index contributed by atoms with van der Waals surface area (Å²) in [4.78, 5) is 21.1. The van der Waals surface area contributed by atoms with Gasteiger partial charge in [-0.05, 0) is 12.1 Å². The summed E-state index contributed by atoms with van der Waals surface area (Å²) in [5, 5.41) is 2.61. The number of aromatic nitrogens is 1. The van der Waals surface area contributed by atoms with Crippen molar-refractivity contribution in [2.45, 2.75) is 11.8 Å². The summed E-state index contributed by atoms with van der Waals surface area (Å²) in [6.45, 7) is 1.65. The van der Waals surface area contributed by atoms with Crippen LogP contribution in [0.5, 0.6) is 0 Å². The van der Waals surface area contributed by atoms with Crippen LogP contribution in [-0.2, 0) is 14.6 Å². The fraction of sp³-hybridized carbons (Fsp3) is 0.118. The quantitative estimate of drug-likeness (QED) is 0.697. The van der Waals surface area contributed by atoms with Gasteiger partial charge in [0.05, 0.1) is 5.02 Å². The fourth-order valence-corrected chi connectivity index (χ4v) is 5.17. The number of rotatable bonds is 2. The van der Waals surface area contributed by atoms with E-state index in [4.69, 9.17) is 23.2 Å². The van der Waals surface area contributed by atoms with Crippen molar-refractivity contribution >= 4 is 56.2 Å². The van der Waals surface area contributed by atoms with E-state index in [-0.39, 0.29) is 32.2 Å². The van der Waals surface area contributed by atoms with Gasteiger partial charge in [0.2, 0.25) is 5.84 Å². The molecule has 1 aromatic carbocycles. The first-order chi connectivity index (χ1) is 13.2. The summed E-state index contributed by atoms with van der Waals surface area (Å²) >= 11 is 11.7. The minimum absolute atomic E-state index is 0.0184. The number of pyridine rings is 1. The molecule has 1 aromatic heterocycles. The highest BCUT2D eigenvalue weighted by Crippen LogP contribution is 2.32. The minimum Gasteiger partial charge on any atom is -0.320 e. The first-order valence-corrected chi connectivity index (χ1v) is 10.4. The van der Waals surface area contributed by atoms with Crippen LogP contribution in [0.4, 0.5) is 15.8 Å². The maximum absolute atomic E-state index is 13.8. The van der Waals surface area contributed by atoms with Crippen LogP contribution in [0, 0.1) is 5.82 Å². The Labute approximate surface area is 169 Å². The van der Waals surface area contributed by atoms with E-state index in [0.717, 1.165) is 6.07 Å². The van der Waals surface area contributed by atoms with E-state index in [0.29, 0.717) is 16.4 Å². The smallest absolute Gasteiger partial charge is 0.280 e. The Balaban J connectivity index is 1.81. The van der Waals surface area contributed by atoms with E-state index < -0.39 is 27.3 Å². The van der Waals surface area contributed by atoms with E-state index in [1.54, 1.807) is 13.0 Å². The number of anilines is 1. The van der Waals surface area contributed by atoms with Crippen molar-refractivity contribution in [2.75, 3.05) is 11.1 Å². The molecule has 0 saturated heterocycles. The second-order valence-corrected chi connectivity index (χ2v) is 8.99. The highest BCUT2D eigenvalue weighted by molar-refractivity contribution is 7.91. The van der Waals surface area contributed by atoms with Gasteiger partial charge in [-0.1, -0.05) is 23.2 Å². The van der Waals surface area contributed by atoms with Crippen LogP contribution in [0.25, 0.3) is 0 Å². The third kappa shape index (κ3) is 3.10. The highest BCUT2D eigenvalue weighted by Gasteiger charge is 2.45. The zero-order chi connectivity index (χ0) is 20.2. The minimum atomic E-state index is -3.87. The number of carbonyl (C=O) groups is 1. The third-order valence-electron chi connectivity index (χ3n) is 4.39. The fourth-order valence-electron chi connectivity index (χ4n) is 3.23. The maximum Gasteiger partial charge on any atom is 0.280 e. The number of aliphatic imine (C=N–C) groups is 1. The molecule has 0 radical (unpaired) electrons. The zero-order valence-electron chi connectivity index (χ0n) is 14.3. The van der Waals surface area contributed by atoms with Gasteiger partial charge in [-0.2, -0.15) is 4.99 Å². The molecule has 2 aliphatic rings. The second-order valence-electron chi connectivity index (χ2n) is 6.24. The molecule has 144 valence electrons. The van der Waals surface area contributed by atoms with Crippen molar-refractivity contribution in [3.05, 3.63) is 57.8 Å². The number of amides is 1. The standard InChI is InChI=1S/C17H11Cl2FN4O3S/c1-8-22-16(17(25)23-9-2-3-21-15(19)4-9)13-7-28(26,27)14-6-11(20)10(18)5-12(14)24(8)13/h2-6H,7H2,1H3,(H,21,23,25)/p+1. The van der Waals surface area contributed by atoms with Gasteiger partial charge < -0.3 is 5.32 Å². The second kappa shape index (κ2) is 6.63. The molecule has 2 N–H and O–H groups in total. The first kappa shape index (κ1) is 19.0. The van der Waals surface area contributed by atoms with E-state index in [9.17, 15) is 17.6 Å². The monoisotopic (exact) mass is 441 g/mol. The maximum atomic E-state index is 13.8. The van der Waals surface area contributed by atoms with Gasteiger partial charge >= 0.3 is 0 Å². The Kier molecular flexibility index (Phi) is 4.50. The van der Waals surface area contributed by atoms with Crippen LogP contribution in [0.3, 0.4) is 0 Å².